The standard InChI is InChI=1S/C16H23N3O2/c1-20-10-11-21-9-5-4-8-18-16-13-6-2-3-7-15(13)19-12-14(16)17/h2-3,6-7,12H,4-5,8-11,17H2,1H3,(H,18,19). The zero-order chi connectivity index (χ0) is 14.9. The lowest BCUT2D eigenvalue weighted by Gasteiger charge is -2.12. The first-order valence-electron chi connectivity index (χ1n) is 7.26. The van der Waals surface area contributed by atoms with Crippen LogP contribution in [0, 0.1) is 0 Å². The van der Waals surface area contributed by atoms with Gasteiger partial charge in [0.1, 0.15) is 0 Å². The van der Waals surface area contributed by atoms with Crippen LogP contribution in [0.2, 0.25) is 0 Å². The molecule has 0 aliphatic carbocycles. The van der Waals surface area contributed by atoms with E-state index in [0.29, 0.717) is 18.9 Å². The molecule has 1 aromatic heterocycles. The second kappa shape index (κ2) is 8.44. The van der Waals surface area contributed by atoms with Gasteiger partial charge in [-0.15, -0.1) is 0 Å². The van der Waals surface area contributed by atoms with Crippen LogP contribution in [0.25, 0.3) is 10.9 Å². The van der Waals surface area contributed by atoms with Gasteiger partial charge in [0.2, 0.25) is 0 Å². The van der Waals surface area contributed by atoms with Crippen molar-refractivity contribution in [3.8, 4) is 0 Å². The van der Waals surface area contributed by atoms with E-state index < -0.39 is 0 Å². The number of nitrogens with one attached hydrogen (secondary N) is 1. The molecule has 0 aliphatic heterocycles. The molecule has 0 amide bonds. The van der Waals surface area contributed by atoms with E-state index in [9.17, 15) is 0 Å². The van der Waals surface area contributed by atoms with Gasteiger partial charge >= 0.3 is 0 Å². The van der Waals surface area contributed by atoms with Crippen molar-refractivity contribution in [2.24, 2.45) is 0 Å². The second-order valence-electron chi connectivity index (χ2n) is 4.84. The van der Waals surface area contributed by atoms with Gasteiger partial charge in [-0.3, -0.25) is 4.98 Å². The maximum atomic E-state index is 6.02. The predicted octanol–water partition coefficient (Wildman–Crippen LogP) is 2.67. The zero-order valence-corrected chi connectivity index (χ0v) is 12.5. The zero-order valence-electron chi connectivity index (χ0n) is 12.5. The van der Waals surface area contributed by atoms with Gasteiger partial charge in [0.15, 0.2) is 0 Å². The number of rotatable bonds is 9. The highest BCUT2D eigenvalue weighted by Crippen LogP contribution is 2.27. The van der Waals surface area contributed by atoms with Crippen LogP contribution in [0.4, 0.5) is 11.4 Å². The highest BCUT2D eigenvalue weighted by molar-refractivity contribution is 5.96. The number of para-hydroxylation sites is 1. The molecule has 5 heteroatoms. The molecule has 0 saturated heterocycles. The highest BCUT2D eigenvalue weighted by Gasteiger charge is 2.05. The first kappa shape index (κ1) is 15.5. The van der Waals surface area contributed by atoms with Crippen molar-refractivity contribution in [3.05, 3.63) is 30.5 Å². The fraction of sp³-hybridized carbons (Fsp3) is 0.438. The Bertz CT molecular complexity index is 560. The van der Waals surface area contributed by atoms with Crippen LogP contribution in [0.5, 0.6) is 0 Å². The Morgan fingerprint density at radius 3 is 2.86 bits per heavy atom. The fourth-order valence-electron chi connectivity index (χ4n) is 2.14. The molecular weight excluding hydrogens is 266 g/mol. The molecule has 0 saturated carbocycles. The van der Waals surface area contributed by atoms with Crippen molar-refractivity contribution < 1.29 is 9.47 Å². The smallest absolute Gasteiger partial charge is 0.0743 e. The maximum absolute atomic E-state index is 6.02. The number of nitrogen functional groups attached to an aromatic ring is 1. The third kappa shape index (κ3) is 4.58. The van der Waals surface area contributed by atoms with Gasteiger partial charge in [0, 0.05) is 25.6 Å². The Balaban J connectivity index is 1.79. The first-order valence-corrected chi connectivity index (χ1v) is 7.26. The van der Waals surface area contributed by atoms with Crippen LogP contribution in [0.3, 0.4) is 0 Å². The Hall–Kier alpha value is -1.85. The van der Waals surface area contributed by atoms with E-state index in [2.05, 4.69) is 10.3 Å². The molecule has 0 bridgehead atoms. The summed E-state index contributed by atoms with van der Waals surface area (Å²) in [6, 6.07) is 8.00. The van der Waals surface area contributed by atoms with E-state index in [4.69, 9.17) is 15.2 Å². The minimum atomic E-state index is 0.651. The number of hydrogen-bond donors (Lipinski definition) is 2. The number of ether oxygens (including phenoxy) is 2. The van der Waals surface area contributed by atoms with Gasteiger partial charge < -0.3 is 20.5 Å². The quantitative estimate of drug-likeness (QED) is 0.695. The van der Waals surface area contributed by atoms with Crippen molar-refractivity contribution >= 4 is 22.3 Å². The number of aromatic nitrogens is 1. The topological polar surface area (TPSA) is 69.4 Å². The first-order chi connectivity index (χ1) is 10.3. The number of methoxy groups -OCH3 is 1. The second-order valence-corrected chi connectivity index (χ2v) is 4.84. The molecule has 3 N–H and O–H groups in total. The summed E-state index contributed by atoms with van der Waals surface area (Å²) in [6.45, 7) is 2.94. The van der Waals surface area contributed by atoms with Gasteiger partial charge in [-0.2, -0.15) is 0 Å². The lowest BCUT2D eigenvalue weighted by Crippen LogP contribution is -2.08. The number of unbranched alkanes of at least 4 members (excludes halogenated alkanes) is 1. The van der Waals surface area contributed by atoms with Gasteiger partial charge in [-0.1, -0.05) is 18.2 Å². The summed E-state index contributed by atoms with van der Waals surface area (Å²) in [7, 11) is 1.68. The van der Waals surface area contributed by atoms with Crippen LogP contribution in [-0.2, 0) is 9.47 Å². The lowest BCUT2D eigenvalue weighted by molar-refractivity contribution is 0.0691. The largest absolute Gasteiger partial charge is 0.396 e. The average Bonchev–Trinajstić information content (AvgIpc) is 2.51. The molecule has 0 aliphatic rings. The van der Waals surface area contributed by atoms with E-state index in [-0.39, 0.29) is 0 Å². The molecular formula is C16H23N3O2. The predicted molar refractivity (Wildman–Crippen MR) is 86.6 cm³/mol. The summed E-state index contributed by atoms with van der Waals surface area (Å²) in [5.74, 6) is 0. The summed E-state index contributed by atoms with van der Waals surface area (Å²) in [4.78, 5) is 4.33. The molecule has 5 nitrogen and oxygen atoms in total. The summed E-state index contributed by atoms with van der Waals surface area (Å²) in [5, 5.41) is 4.48. The Kier molecular flexibility index (Phi) is 6.24. The fourth-order valence-corrected chi connectivity index (χ4v) is 2.14. The molecule has 0 radical (unpaired) electrons. The molecule has 1 aromatic carbocycles. The van der Waals surface area contributed by atoms with E-state index in [1.54, 1.807) is 13.3 Å². The van der Waals surface area contributed by atoms with Crippen LogP contribution in [0.15, 0.2) is 30.5 Å². The molecule has 2 aromatic rings. The number of fused-ring (bicyclic) bond motifs is 1. The molecule has 0 spiro atoms. The summed E-state index contributed by atoms with van der Waals surface area (Å²) >= 11 is 0. The Labute approximate surface area is 125 Å². The van der Waals surface area contributed by atoms with Crippen LogP contribution >= 0.6 is 0 Å². The number of hydrogen-bond acceptors (Lipinski definition) is 5. The van der Waals surface area contributed by atoms with E-state index in [1.807, 2.05) is 24.3 Å². The van der Waals surface area contributed by atoms with Gasteiger partial charge in [0.05, 0.1) is 36.3 Å². The maximum Gasteiger partial charge on any atom is 0.0743 e. The molecule has 0 fully saturated rings. The van der Waals surface area contributed by atoms with Gasteiger partial charge in [0.25, 0.3) is 0 Å². The van der Waals surface area contributed by atoms with E-state index in [0.717, 1.165) is 42.6 Å². The minimum absolute atomic E-state index is 0.651. The highest BCUT2D eigenvalue weighted by atomic mass is 16.5. The number of nitrogens with zero attached hydrogens (tertiary/aromatic N) is 1. The number of anilines is 2. The molecule has 2 rings (SSSR count). The van der Waals surface area contributed by atoms with Crippen molar-refractivity contribution in [2.45, 2.75) is 12.8 Å². The van der Waals surface area contributed by atoms with E-state index >= 15 is 0 Å². The summed E-state index contributed by atoms with van der Waals surface area (Å²) < 4.78 is 10.4. The molecule has 114 valence electrons. The lowest BCUT2D eigenvalue weighted by atomic mass is 10.1. The van der Waals surface area contributed by atoms with Gasteiger partial charge in [-0.05, 0) is 18.9 Å². The summed E-state index contributed by atoms with van der Waals surface area (Å²) in [5.41, 5.74) is 8.63. The van der Waals surface area contributed by atoms with Crippen molar-refractivity contribution in [3.63, 3.8) is 0 Å². The van der Waals surface area contributed by atoms with Crippen LogP contribution in [0.1, 0.15) is 12.8 Å². The molecule has 1 heterocycles. The number of pyridine rings is 1. The van der Waals surface area contributed by atoms with Crippen LogP contribution < -0.4 is 11.1 Å². The van der Waals surface area contributed by atoms with Crippen LogP contribution in [-0.4, -0.2) is 38.5 Å². The van der Waals surface area contributed by atoms with Crippen molar-refractivity contribution in [1.82, 2.24) is 4.98 Å². The monoisotopic (exact) mass is 289 g/mol. The molecule has 0 atom stereocenters. The summed E-state index contributed by atoms with van der Waals surface area (Å²) in [6.07, 6.45) is 3.75. The van der Waals surface area contributed by atoms with Gasteiger partial charge in [-0.25, -0.2) is 0 Å². The molecule has 21 heavy (non-hydrogen) atoms. The number of benzene rings is 1. The minimum Gasteiger partial charge on any atom is -0.396 e. The SMILES string of the molecule is COCCOCCCCNc1c(N)cnc2ccccc12. The number of nitrogens with two attached hydrogens (primary N) is 1. The van der Waals surface area contributed by atoms with E-state index in [1.165, 1.54) is 0 Å². The average molecular weight is 289 g/mol. The normalized spacial score (nSPS) is 10.9. The Morgan fingerprint density at radius 2 is 2.00 bits per heavy atom. The van der Waals surface area contributed by atoms with Crippen molar-refractivity contribution in [2.75, 3.05) is 44.5 Å². The third-order valence-corrected chi connectivity index (χ3v) is 3.25. The molecule has 0 unspecified atom stereocenters. The Morgan fingerprint density at radius 1 is 1.14 bits per heavy atom. The third-order valence-electron chi connectivity index (χ3n) is 3.25. The van der Waals surface area contributed by atoms with Crippen molar-refractivity contribution in [1.29, 1.82) is 0 Å².